The molecule has 0 fully saturated rings. The van der Waals surface area contributed by atoms with Crippen LogP contribution in [0.5, 0.6) is 0 Å². The summed E-state index contributed by atoms with van der Waals surface area (Å²) in [5.74, 6) is 0.213. The number of rotatable bonds is 3. The lowest BCUT2D eigenvalue weighted by atomic mass is 10.2. The highest BCUT2D eigenvalue weighted by Crippen LogP contribution is 2.31. The highest BCUT2D eigenvalue weighted by molar-refractivity contribution is 7.91. The van der Waals surface area contributed by atoms with Crippen molar-refractivity contribution in [2.24, 2.45) is 0 Å². The normalized spacial score (nSPS) is 11.8. The minimum Gasteiger partial charge on any atom is -0.224 e. The monoisotopic (exact) mass is 234 g/mol. The molecule has 0 atom stereocenters. The Morgan fingerprint density at radius 1 is 1.00 bits per heavy atom. The van der Waals surface area contributed by atoms with Crippen molar-refractivity contribution in [2.45, 2.75) is 18.2 Å². The first-order valence-electron chi connectivity index (χ1n) is 5.35. The molecule has 0 saturated heterocycles. The maximum atomic E-state index is 12.0. The first-order valence-corrected chi connectivity index (χ1v) is 7.01. The molecule has 84 valence electrons. The van der Waals surface area contributed by atoms with Crippen LogP contribution in [-0.2, 0) is 9.84 Å². The SMILES string of the molecule is CCCS(=O)(=O)c1ccc2cccccc1-2. The second-order valence-corrected chi connectivity index (χ2v) is 5.87. The molecule has 0 saturated carbocycles. The molecular weight excluding hydrogens is 220 g/mol. The smallest absolute Gasteiger partial charge is 0.178 e. The molecule has 0 heterocycles. The lowest BCUT2D eigenvalue weighted by Gasteiger charge is -2.02. The van der Waals surface area contributed by atoms with Crippen molar-refractivity contribution in [3.8, 4) is 11.1 Å². The summed E-state index contributed by atoms with van der Waals surface area (Å²) in [5, 5.41) is 0. The quantitative estimate of drug-likeness (QED) is 0.818. The zero-order valence-corrected chi connectivity index (χ0v) is 10.00. The first-order chi connectivity index (χ1) is 7.65. The van der Waals surface area contributed by atoms with Crippen LogP contribution in [0.25, 0.3) is 11.1 Å². The zero-order chi connectivity index (χ0) is 11.6. The first kappa shape index (κ1) is 11.1. The van der Waals surface area contributed by atoms with Gasteiger partial charge in [-0.2, -0.15) is 0 Å². The molecule has 2 rings (SSSR count). The minimum absolute atomic E-state index is 0.213. The summed E-state index contributed by atoms with van der Waals surface area (Å²) in [6.07, 6.45) is 0.647. The molecule has 0 radical (unpaired) electrons. The predicted octanol–water partition coefficient (Wildman–Crippen LogP) is 2.98. The van der Waals surface area contributed by atoms with Gasteiger partial charge in [-0.15, -0.1) is 0 Å². The van der Waals surface area contributed by atoms with Gasteiger partial charge in [0.05, 0.1) is 10.6 Å². The summed E-state index contributed by atoms with van der Waals surface area (Å²) in [4.78, 5) is 0.459. The predicted molar refractivity (Wildman–Crippen MR) is 65.4 cm³/mol. The van der Waals surface area contributed by atoms with E-state index in [-0.39, 0.29) is 5.75 Å². The molecule has 3 heteroatoms. The van der Waals surface area contributed by atoms with Crippen molar-refractivity contribution < 1.29 is 8.42 Å². The van der Waals surface area contributed by atoms with E-state index in [0.29, 0.717) is 11.3 Å². The minimum atomic E-state index is -3.12. The molecule has 0 N–H and O–H groups in total. The summed E-state index contributed by atoms with van der Waals surface area (Å²) in [7, 11) is -3.12. The number of fused-ring (bicyclic) bond motifs is 1. The van der Waals surface area contributed by atoms with Gasteiger partial charge in [-0.1, -0.05) is 43.3 Å². The Morgan fingerprint density at radius 2 is 1.75 bits per heavy atom. The van der Waals surface area contributed by atoms with Gasteiger partial charge in [0.2, 0.25) is 0 Å². The average molecular weight is 234 g/mol. The van der Waals surface area contributed by atoms with Gasteiger partial charge in [-0.25, -0.2) is 8.42 Å². The third-order valence-electron chi connectivity index (χ3n) is 2.56. The summed E-state index contributed by atoms with van der Waals surface area (Å²) in [6, 6.07) is 13.0. The number of sulfone groups is 1. The third kappa shape index (κ3) is 1.95. The van der Waals surface area contributed by atoms with E-state index in [0.717, 1.165) is 11.1 Å². The van der Waals surface area contributed by atoms with Crippen LogP contribution in [0.1, 0.15) is 13.3 Å². The molecule has 0 aliphatic heterocycles. The van der Waals surface area contributed by atoms with Gasteiger partial charge in [0, 0.05) is 5.56 Å². The second-order valence-electron chi connectivity index (χ2n) is 3.80. The fraction of sp³-hybridized carbons (Fsp3) is 0.231. The van der Waals surface area contributed by atoms with Crippen molar-refractivity contribution in [3.05, 3.63) is 42.5 Å². The van der Waals surface area contributed by atoms with Crippen LogP contribution in [0.2, 0.25) is 0 Å². The number of hydrogen-bond donors (Lipinski definition) is 0. The molecule has 0 bridgehead atoms. The Kier molecular flexibility index (Phi) is 2.97. The van der Waals surface area contributed by atoms with E-state index >= 15 is 0 Å². The highest BCUT2D eigenvalue weighted by Gasteiger charge is 2.19. The fourth-order valence-corrected chi connectivity index (χ4v) is 3.39. The Labute approximate surface area is 96.2 Å². The molecule has 0 aromatic carbocycles. The van der Waals surface area contributed by atoms with E-state index < -0.39 is 9.84 Å². The number of hydrogen-bond acceptors (Lipinski definition) is 2. The molecule has 0 spiro atoms. The summed E-state index contributed by atoms with van der Waals surface area (Å²) < 4.78 is 24.0. The fourth-order valence-electron chi connectivity index (χ4n) is 1.84. The average Bonchev–Trinajstić information content (AvgIpc) is 2.50. The van der Waals surface area contributed by atoms with E-state index in [1.807, 2.05) is 43.3 Å². The van der Waals surface area contributed by atoms with Crippen LogP contribution in [-0.4, -0.2) is 14.2 Å². The van der Waals surface area contributed by atoms with Crippen LogP contribution < -0.4 is 0 Å². The van der Waals surface area contributed by atoms with Crippen LogP contribution in [0.15, 0.2) is 47.4 Å². The maximum absolute atomic E-state index is 12.0. The van der Waals surface area contributed by atoms with Gasteiger partial charge in [0.15, 0.2) is 9.84 Å². The molecule has 2 aliphatic rings. The Hall–Kier alpha value is -1.35. The molecule has 2 aliphatic carbocycles. The van der Waals surface area contributed by atoms with Gasteiger partial charge < -0.3 is 0 Å². The van der Waals surface area contributed by atoms with Crippen molar-refractivity contribution in [1.82, 2.24) is 0 Å². The third-order valence-corrected chi connectivity index (χ3v) is 4.53. The van der Waals surface area contributed by atoms with Crippen LogP contribution in [0, 0.1) is 0 Å². The molecule has 0 amide bonds. The second kappa shape index (κ2) is 4.26. The lowest BCUT2D eigenvalue weighted by molar-refractivity contribution is 0.595. The topological polar surface area (TPSA) is 34.1 Å². The maximum Gasteiger partial charge on any atom is 0.178 e. The van der Waals surface area contributed by atoms with Gasteiger partial charge >= 0.3 is 0 Å². The van der Waals surface area contributed by atoms with Crippen molar-refractivity contribution in [2.75, 3.05) is 5.75 Å². The summed E-state index contributed by atoms with van der Waals surface area (Å²) in [5.41, 5.74) is 1.79. The molecule has 0 unspecified atom stereocenters. The standard InChI is InChI=1S/C13H14O2S/c1-2-10-16(14,15)13-9-8-11-6-4-3-5-7-12(11)13/h3-9H,2,10H2,1H3. The van der Waals surface area contributed by atoms with Crippen LogP contribution in [0.4, 0.5) is 0 Å². The van der Waals surface area contributed by atoms with E-state index in [1.165, 1.54) is 0 Å². The van der Waals surface area contributed by atoms with E-state index in [1.54, 1.807) is 6.07 Å². The molecule has 0 aromatic rings. The van der Waals surface area contributed by atoms with Gasteiger partial charge in [-0.05, 0) is 18.1 Å². The van der Waals surface area contributed by atoms with Gasteiger partial charge in [-0.3, -0.25) is 0 Å². The largest absolute Gasteiger partial charge is 0.224 e. The van der Waals surface area contributed by atoms with E-state index in [9.17, 15) is 8.42 Å². The zero-order valence-electron chi connectivity index (χ0n) is 9.18. The van der Waals surface area contributed by atoms with Crippen molar-refractivity contribution >= 4 is 9.84 Å². The van der Waals surface area contributed by atoms with Crippen molar-refractivity contribution in [1.29, 1.82) is 0 Å². The Morgan fingerprint density at radius 3 is 2.50 bits per heavy atom. The van der Waals surface area contributed by atoms with Crippen molar-refractivity contribution in [3.63, 3.8) is 0 Å². The Bertz CT molecular complexity index is 558. The lowest BCUT2D eigenvalue weighted by Crippen LogP contribution is -2.05. The molecular formula is C13H14O2S. The summed E-state index contributed by atoms with van der Waals surface area (Å²) >= 11 is 0. The summed E-state index contributed by atoms with van der Waals surface area (Å²) in [6.45, 7) is 1.88. The molecule has 0 aromatic heterocycles. The Balaban J connectivity index is 2.58. The van der Waals surface area contributed by atoms with E-state index in [4.69, 9.17) is 0 Å². The van der Waals surface area contributed by atoms with Crippen LogP contribution >= 0.6 is 0 Å². The molecule has 16 heavy (non-hydrogen) atoms. The van der Waals surface area contributed by atoms with E-state index in [2.05, 4.69) is 0 Å². The van der Waals surface area contributed by atoms with Gasteiger partial charge in [0.1, 0.15) is 0 Å². The van der Waals surface area contributed by atoms with Gasteiger partial charge in [0.25, 0.3) is 0 Å². The molecule has 2 nitrogen and oxygen atoms in total. The van der Waals surface area contributed by atoms with Crippen LogP contribution in [0.3, 0.4) is 0 Å². The highest BCUT2D eigenvalue weighted by atomic mass is 32.2.